The van der Waals surface area contributed by atoms with E-state index in [1.165, 1.54) is 17.4 Å². The molecule has 1 aromatic rings. The minimum Gasteiger partial charge on any atom is -0.478 e. The summed E-state index contributed by atoms with van der Waals surface area (Å²) in [6, 6.07) is 1.26. The second-order valence-corrected chi connectivity index (χ2v) is 4.96. The van der Waals surface area contributed by atoms with Gasteiger partial charge in [0, 0.05) is 6.04 Å². The number of carbonyl (C=O) groups is 2. The Kier molecular flexibility index (Phi) is 3.99. The fraction of sp³-hybridized carbons (Fsp3) is 0.333. The molecule has 3 N–H and O–H groups in total. The summed E-state index contributed by atoms with van der Waals surface area (Å²) in [6.07, 6.45) is 6.84. The van der Waals surface area contributed by atoms with Crippen LogP contribution < -0.4 is 10.6 Å². The molecule has 0 spiro atoms. The number of carboxylic acids is 1. The standard InChI is InChI=1S/C12H14N2O3S/c15-11(16)9-6-7-18-10(9)14-12(17)13-8-4-2-1-3-5-8/h1-2,6-8H,3-5H2,(H,15,16)(H2,13,14,17). The number of thiophene rings is 1. The zero-order valence-electron chi connectivity index (χ0n) is 9.68. The van der Waals surface area contributed by atoms with E-state index in [0.29, 0.717) is 5.00 Å². The van der Waals surface area contributed by atoms with Gasteiger partial charge in [0.15, 0.2) is 0 Å². The number of anilines is 1. The minimum absolute atomic E-state index is 0.124. The van der Waals surface area contributed by atoms with Gasteiger partial charge in [-0.25, -0.2) is 9.59 Å². The molecule has 18 heavy (non-hydrogen) atoms. The summed E-state index contributed by atoms with van der Waals surface area (Å²) in [5, 5.41) is 16.3. The van der Waals surface area contributed by atoms with Gasteiger partial charge in [-0.05, 0) is 30.7 Å². The van der Waals surface area contributed by atoms with Crippen LogP contribution in [0.3, 0.4) is 0 Å². The third-order valence-corrected chi connectivity index (χ3v) is 3.56. The van der Waals surface area contributed by atoms with Crippen molar-refractivity contribution in [2.75, 3.05) is 5.32 Å². The normalized spacial score (nSPS) is 18.3. The van der Waals surface area contributed by atoms with Crippen LogP contribution in [0.4, 0.5) is 9.80 Å². The Morgan fingerprint density at radius 1 is 1.39 bits per heavy atom. The van der Waals surface area contributed by atoms with Gasteiger partial charge in [0.1, 0.15) is 5.00 Å². The van der Waals surface area contributed by atoms with Crippen molar-refractivity contribution < 1.29 is 14.7 Å². The predicted molar refractivity (Wildman–Crippen MR) is 70.2 cm³/mol. The van der Waals surface area contributed by atoms with Gasteiger partial charge < -0.3 is 10.4 Å². The Labute approximate surface area is 109 Å². The second kappa shape index (κ2) is 5.68. The molecule has 0 saturated heterocycles. The summed E-state index contributed by atoms with van der Waals surface area (Å²) in [5.41, 5.74) is 0.124. The van der Waals surface area contributed by atoms with Gasteiger partial charge >= 0.3 is 12.0 Å². The molecular weight excluding hydrogens is 252 g/mol. The van der Waals surface area contributed by atoms with Crippen LogP contribution in [0.1, 0.15) is 29.6 Å². The zero-order chi connectivity index (χ0) is 13.0. The molecule has 1 aliphatic carbocycles. The predicted octanol–water partition coefficient (Wildman–Crippen LogP) is 2.68. The van der Waals surface area contributed by atoms with Crippen LogP contribution in [0.15, 0.2) is 23.6 Å². The summed E-state index contributed by atoms with van der Waals surface area (Å²) < 4.78 is 0. The average molecular weight is 266 g/mol. The summed E-state index contributed by atoms with van der Waals surface area (Å²) in [4.78, 5) is 22.6. The number of carboxylic acid groups (broad SMARTS) is 1. The number of hydrogen-bond acceptors (Lipinski definition) is 3. The molecule has 5 nitrogen and oxygen atoms in total. The van der Waals surface area contributed by atoms with Gasteiger partial charge in [-0.3, -0.25) is 5.32 Å². The maximum Gasteiger partial charge on any atom is 0.338 e. The molecule has 0 saturated carbocycles. The van der Waals surface area contributed by atoms with Crippen molar-refractivity contribution >= 4 is 28.3 Å². The van der Waals surface area contributed by atoms with Gasteiger partial charge in [0.05, 0.1) is 5.56 Å². The van der Waals surface area contributed by atoms with Crippen molar-refractivity contribution in [1.82, 2.24) is 5.32 Å². The Balaban J connectivity index is 1.92. The highest BCUT2D eigenvalue weighted by Crippen LogP contribution is 2.23. The monoisotopic (exact) mass is 266 g/mol. The molecule has 2 amide bonds. The molecular formula is C12H14N2O3S. The van der Waals surface area contributed by atoms with E-state index in [2.05, 4.69) is 16.7 Å². The molecule has 0 bridgehead atoms. The Bertz CT molecular complexity index is 481. The quantitative estimate of drug-likeness (QED) is 0.736. The number of aromatic carboxylic acids is 1. The molecule has 1 aliphatic rings. The first-order valence-electron chi connectivity index (χ1n) is 5.70. The maximum atomic E-state index is 11.7. The van der Waals surface area contributed by atoms with Crippen molar-refractivity contribution in [1.29, 1.82) is 0 Å². The maximum absolute atomic E-state index is 11.7. The van der Waals surface area contributed by atoms with Gasteiger partial charge in [-0.1, -0.05) is 12.2 Å². The summed E-state index contributed by atoms with van der Waals surface area (Å²) in [6.45, 7) is 0. The first-order chi connectivity index (χ1) is 8.66. The lowest BCUT2D eigenvalue weighted by atomic mass is 10.0. The van der Waals surface area contributed by atoms with Crippen LogP contribution in [0.25, 0.3) is 0 Å². The van der Waals surface area contributed by atoms with Gasteiger partial charge in [0.25, 0.3) is 0 Å². The Hall–Kier alpha value is -1.82. The number of rotatable bonds is 3. The largest absolute Gasteiger partial charge is 0.478 e. The van der Waals surface area contributed by atoms with Crippen LogP contribution >= 0.6 is 11.3 Å². The first kappa shape index (κ1) is 12.6. The Morgan fingerprint density at radius 3 is 2.89 bits per heavy atom. The summed E-state index contributed by atoms with van der Waals surface area (Å²) in [5.74, 6) is -1.04. The molecule has 6 heteroatoms. The van der Waals surface area contributed by atoms with E-state index in [1.807, 2.05) is 6.08 Å². The molecule has 1 unspecified atom stereocenters. The van der Waals surface area contributed by atoms with E-state index in [1.54, 1.807) is 5.38 Å². The lowest BCUT2D eigenvalue weighted by Gasteiger charge is -2.19. The highest BCUT2D eigenvalue weighted by molar-refractivity contribution is 7.14. The fourth-order valence-corrected chi connectivity index (χ4v) is 2.60. The molecule has 1 heterocycles. The average Bonchev–Trinajstić information content (AvgIpc) is 2.78. The van der Waals surface area contributed by atoms with E-state index >= 15 is 0 Å². The van der Waals surface area contributed by atoms with Crippen LogP contribution in [0.5, 0.6) is 0 Å². The van der Waals surface area contributed by atoms with Gasteiger partial charge in [-0.2, -0.15) is 0 Å². The van der Waals surface area contributed by atoms with Gasteiger partial charge in [0.2, 0.25) is 0 Å². The lowest BCUT2D eigenvalue weighted by Crippen LogP contribution is -2.38. The van der Waals surface area contributed by atoms with Crippen molar-refractivity contribution in [3.05, 3.63) is 29.2 Å². The minimum atomic E-state index is -1.04. The summed E-state index contributed by atoms with van der Waals surface area (Å²) >= 11 is 1.20. The highest BCUT2D eigenvalue weighted by Gasteiger charge is 2.16. The van der Waals surface area contributed by atoms with E-state index in [0.717, 1.165) is 19.3 Å². The Morgan fingerprint density at radius 2 is 2.22 bits per heavy atom. The molecule has 0 aliphatic heterocycles. The molecule has 96 valence electrons. The number of urea groups is 1. The topological polar surface area (TPSA) is 78.4 Å². The molecule has 0 aromatic carbocycles. The molecule has 0 fully saturated rings. The van der Waals surface area contributed by atoms with Crippen molar-refractivity contribution in [3.63, 3.8) is 0 Å². The van der Waals surface area contributed by atoms with Crippen molar-refractivity contribution in [2.24, 2.45) is 0 Å². The second-order valence-electron chi connectivity index (χ2n) is 4.05. The first-order valence-corrected chi connectivity index (χ1v) is 6.58. The fourth-order valence-electron chi connectivity index (χ4n) is 1.82. The highest BCUT2D eigenvalue weighted by atomic mass is 32.1. The van der Waals surface area contributed by atoms with E-state index in [4.69, 9.17) is 5.11 Å². The van der Waals surface area contributed by atoms with E-state index in [9.17, 15) is 9.59 Å². The molecule has 2 rings (SSSR count). The van der Waals surface area contributed by atoms with E-state index < -0.39 is 5.97 Å². The number of nitrogens with one attached hydrogen (secondary N) is 2. The van der Waals surface area contributed by atoms with Crippen molar-refractivity contribution in [3.8, 4) is 0 Å². The zero-order valence-corrected chi connectivity index (χ0v) is 10.5. The van der Waals surface area contributed by atoms with Crippen LogP contribution in [-0.2, 0) is 0 Å². The van der Waals surface area contributed by atoms with Crippen molar-refractivity contribution in [2.45, 2.75) is 25.3 Å². The molecule has 1 atom stereocenters. The smallest absolute Gasteiger partial charge is 0.338 e. The van der Waals surface area contributed by atoms with E-state index in [-0.39, 0.29) is 17.6 Å². The van der Waals surface area contributed by atoms with Crippen LogP contribution in [-0.4, -0.2) is 23.1 Å². The lowest BCUT2D eigenvalue weighted by molar-refractivity contribution is 0.0698. The SMILES string of the molecule is O=C(Nc1sccc1C(=O)O)NC1CC=CCC1. The van der Waals surface area contributed by atoms with Gasteiger partial charge in [-0.15, -0.1) is 11.3 Å². The molecule has 1 aromatic heterocycles. The van der Waals surface area contributed by atoms with Crippen LogP contribution in [0, 0.1) is 0 Å². The summed E-state index contributed by atoms with van der Waals surface area (Å²) in [7, 11) is 0. The third-order valence-electron chi connectivity index (χ3n) is 2.73. The number of hydrogen-bond donors (Lipinski definition) is 3. The molecule has 0 radical (unpaired) electrons. The number of amides is 2. The van der Waals surface area contributed by atoms with Crippen LogP contribution in [0.2, 0.25) is 0 Å². The number of carbonyl (C=O) groups excluding carboxylic acids is 1. The third kappa shape index (κ3) is 3.10. The number of allylic oxidation sites excluding steroid dienone is 1.